The molecule has 4 heterocycles. The molecule has 1 N–H and O–H groups in total. The van der Waals surface area contributed by atoms with Crippen LogP contribution in [-0.4, -0.2) is 58.6 Å². The summed E-state index contributed by atoms with van der Waals surface area (Å²) in [5.74, 6) is -0.859. The Bertz CT molecular complexity index is 452. The number of piperazine rings is 3. The Balaban J connectivity index is 1.89. The quantitative estimate of drug-likeness (QED) is 0.845. The van der Waals surface area contributed by atoms with E-state index in [0.29, 0.717) is 16.6 Å². The van der Waals surface area contributed by atoms with Crippen LogP contribution in [0, 0.1) is 6.92 Å². The first-order valence-corrected chi connectivity index (χ1v) is 6.64. The zero-order valence-corrected chi connectivity index (χ0v) is 10.5. The number of hydrogen-bond acceptors (Lipinski definition) is 5. The molecule has 0 aliphatic carbocycles. The van der Waals surface area contributed by atoms with Gasteiger partial charge in [-0.15, -0.1) is 11.3 Å². The number of carbonyl (C=O) groups is 1. The number of aromatic nitrogens is 1. The van der Waals surface area contributed by atoms with E-state index in [1.807, 2.05) is 0 Å². The van der Waals surface area contributed by atoms with Crippen LogP contribution < -0.4 is 0 Å². The number of thiazole rings is 1. The molecule has 92 valence electrons. The largest absolute Gasteiger partial charge is 0.477 e. The molecule has 3 fully saturated rings. The molecular formula is C11H15N3O2S. The van der Waals surface area contributed by atoms with E-state index in [-0.39, 0.29) is 0 Å². The second-order valence-electron chi connectivity index (χ2n) is 4.62. The molecule has 6 heteroatoms. The van der Waals surface area contributed by atoms with Crippen molar-refractivity contribution in [2.24, 2.45) is 0 Å². The molecule has 3 aliphatic rings. The van der Waals surface area contributed by atoms with Crippen LogP contribution >= 0.6 is 11.3 Å². The Morgan fingerprint density at radius 3 is 2.59 bits per heavy atom. The third-order valence-corrected chi connectivity index (χ3v) is 4.82. The topological polar surface area (TPSA) is 56.7 Å². The molecule has 1 aromatic heterocycles. The van der Waals surface area contributed by atoms with Gasteiger partial charge in [-0.1, -0.05) is 0 Å². The smallest absolute Gasteiger partial charge is 0.347 e. The molecule has 0 amide bonds. The number of nitrogens with zero attached hydrogens (tertiary/aromatic N) is 3. The van der Waals surface area contributed by atoms with Crippen LogP contribution in [0.3, 0.4) is 0 Å². The predicted octanol–water partition coefficient (Wildman–Crippen LogP) is 0.822. The lowest BCUT2D eigenvalue weighted by Gasteiger charge is -2.46. The molecule has 4 rings (SSSR count). The van der Waals surface area contributed by atoms with Crippen LogP contribution in [0.5, 0.6) is 0 Å². The highest BCUT2D eigenvalue weighted by Gasteiger charge is 2.35. The summed E-state index contributed by atoms with van der Waals surface area (Å²) in [5, 5.41) is 10.0. The summed E-state index contributed by atoms with van der Waals surface area (Å²) in [4.78, 5) is 20.7. The molecular weight excluding hydrogens is 238 g/mol. The highest BCUT2D eigenvalue weighted by Crippen LogP contribution is 2.32. The average molecular weight is 253 g/mol. The summed E-state index contributed by atoms with van der Waals surface area (Å²) in [6, 6.07) is 0.300. The number of hydrogen-bond donors (Lipinski definition) is 1. The first-order chi connectivity index (χ1) is 8.15. The monoisotopic (exact) mass is 253 g/mol. The van der Waals surface area contributed by atoms with Crippen molar-refractivity contribution in [1.29, 1.82) is 0 Å². The highest BCUT2D eigenvalue weighted by atomic mass is 32.1. The zero-order valence-electron chi connectivity index (χ0n) is 9.72. The van der Waals surface area contributed by atoms with Gasteiger partial charge in [-0.25, -0.2) is 9.78 Å². The van der Waals surface area contributed by atoms with Gasteiger partial charge in [0.25, 0.3) is 0 Å². The van der Waals surface area contributed by atoms with Crippen LogP contribution in [0.15, 0.2) is 0 Å². The van der Waals surface area contributed by atoms with Gasteiger partial charge in [0.15, 0.2) is 0 Å². The van der Waals surface area contributed by atoms with Crippen molar-refractivity contribution in [2.45, 2.75) is 13.0 Å². The molecule has 0 spiro atoms. The summed E-state index contributed by atoms with van der Waals surface area (Å²) in [7, 11) is 0. The van der Waals surface area contributed by atoms with Gasteiger partial charge in [-0.2, -0.15) is 0 Å². The van der Waals surface area contributed by atoms with Gasteiger partial charge in [0, 0.05) is 32.7 Å². The molecule has 17 heavy (non-hydrogen) atoms. The lowest BCUT2D eigenvalue weighted by Crippen LogP contribution is -2.56. The summed E-state index contributed by atoms with van der Waals surface area (Å²) >= 11 is 1.33. The number of carboxylic acids is 1. The Labute approximate surface area is 104 Å². The predicted molar refractivity (Wildman–Crippen MR) is 64.6 cm³/mol. The van der Waals surface area contributed by atoms with Crippen molar-refractivity contribution in [3.05, 3.63) is 15.6 Å². The minimum Gasteiger partial charge on any atom is -0.477 e. The Hall–Kier alpha value is -0.980. The summed E-state index contributed by atoms with van der Waals surface area (Å²) in [5.41, 5.74) is 0.648. The highest BCUT2D eigenvalue weighted by molar-refractivity contribution is 7.13. The van der Waals surface area contributed by atoms with Crippen LogP contribution in [0.2, 0.25) is 0 Å². The molecule has 3 aliphatic heterocycles. The SMILES string of the molecule is Cc1nc(C2CN3CCN2CC3)sc1C(=O)O. The minimum absolute atomic E-state index is 0.300. The summed E-state index contributed by atoms with van der Waals surface area (Å²) in [6.07, 6.45) is 0. The van der Waals surface area contributed by atoms with Crippen molar-refractivity contribution in [1.82, 2.24) is 14.8 Å². The molecule has 0 saturated carbocycles. The van der Waals surface area contributed by atoms with E-state index in [9.17, 15) is 4.79 Å². The summed E-state index contributed by atoms with van der Waals surface area (Å²) < 4.78 is 0. The standard InChI is InChI=1S/C11H15N3O2S/c1-7-9(11(15)16)17-10(12-7)8-6-13-2-4-14(8)5-3-13/h8H,2-6H2,1H3,(H,15,16). The van der Waals surface area contributed by atoms with Gasteiger partial charge in [-0.05, 0) is 6.92 Å². The molecule has 2 bridgehead atoms. The fourth-order valence-corrected chi connectivity index (χ4v) is 3.64. The number of aromatic carboxylic acids is 1. The number of aryl methyl sites for hydroxylation is 1. The van der Waals surface area contributed by atoms with Gasteiger partial charge in [-0.3, -0.25) is 9.80 Å². The zero-order chi connectivity index (χ0) is 12.0. The Morgan fingerprint density at radius 1 is 1.41 bits per heavy atom. The van der Waals surface area contributed by atoms with Gasteiger partial charge >= 0.3 is 5.97 Å². The third-order valence-electron chi connectivity index (χ3n) is 3.57. The van der Waals surface area contributed by atoms with Crippen molar-refractivity contribution < 1.29 is 9.90 Å². The van der Waals surface area contributed by atoms with E-state index in [1.165, 1.54) is 11.3 Å². The van der Waals surface area contributed by atoms with E-state index in [2.05, 4.69) is 14.8 Å². The number of carboxylic acid groups (broad SMARTS) is 1. The van der Waals surface area contributed by atoms with E-state index in [0.717, 1.165) is 37.7 Å². The van der Waals surface area contributed by atoms with Gasteiger partial charge in [0.1, 0.15) is 9.88 Å². The number of rotatable bonds is 2. The molecule has 5 nitrogen and oxygen atoms in total. The maximum atomic E-state index is 11.0. The lowest BCUT2D eigenvalue weighted by atomic mass is 10.1. The van der Waals surface area contributed by atoms with Gasteiger partial charge < -0.3 is 5.11 Å². The molecule has 0 radical (unpaired) electrons. The van der Waals surface area contributed by atoms with Gasteiger partial charge in [0.2, 0.25) is 0 Å². The second kappa shape index (κ2) is 4.04. The molecule has 1 aromatic rings. The van der Waals surface area contributed by atoms with Crippen molar-refractivity contribution >= 4 is 17.3 Å². The molecule has 1 unspecified atom stereocenters. The fraction of sp³-hybridized carbons (Fsp3) is 0.636. The van der Waals surface area contributed by atoms with E-state index >= 15 is 0 Å². The minimum atomic E-state index is -0.859. The first kappa shape index (κ1) is 11.1. The Kier molecular flexibility index (Phi) is 2.65. The second-order valence-corrected chi connectivity index (χ2v) is 5.65. The third kappa shape index (κ3) is 1.86. The van der Waals surface area contributed by atoms with Crippen LogP contribution in [0.25, 0.3) is 0 Å². The molecule has 0 aromatic carbocycles. The van der Waals surface area contributed by atoms with Gasteiger partial charge in [0.05, 0.1) is 11.7 Å². The van der Waals surface area contributed by atoms with E-state index < -0.39 is 5.97 Å². The van der Waals surface area contributed by atoms with Crippen LogP contribution in [-0.2, 0) is 0 Å². The van der Waals surface area contributed by atoms with Crippen molar-refractivity contribution in [2.75, 3.05) is 32.7 Å². The van der Waals surface area contributed by atoms with Crippen LogP contribution in [0.4, 0.5) is 0 Å². The average Bonchev–Trinajstić information content (AvgIpc) is 2.73. The number of fused-ring (bicyclic) bond motifs is 3. The maximum Gasteiger partial charge on any atom is 0.347 e. The maximum absolute atomic E-state index is 11.0. The van der Waals surface area contributed by atoms with E-state index in [1.54, 1.807) is 6.92 Å². The normalized spacial score (nSPS) is 31.7. The van der Waals surface area contributed by atoms with Crippen molar-refractivity contribution in [3.63, 3.8) is 0 Å². The van der Waals surface area contributed by atoms with E-state index in [4.69, 9.17) is 5.11 Å². The molecule has 1 atom stereocenters. The van der Waals surface area contributed by atoms with Crippen LogP contribution in [0.1, 0.15) is 26.4 Å². The first-order valence-electron chi connectivity index (χ1n) is 5.82. The lowest BCUT2D eigenvalue weighted by molar-refractivity contribution is 0.0122. The summed E-state index contributed by atoms with van der Waals surface area (Å²) in [6.45, 7) is 7.18. The Morgan fingerprint density at radius 2 is 2.12 bits per heavy atom. The molecule has 3 saturated heterocycles. The van der Waals surface area contributed by atoms with Crippen molar-refractivity contribution in [3.8, 4) is 0 Å². The fourth-order valence-electron chi connectivity index (χ4n) is 2.61.